The molecule has 0 saturated carbocycles. The molecule has 1 saturated heterocycles. The molecule has 2 heterocycles. The van der Waals surface area contributed by atoms with Crippen molar-refractivity contribution in [3.63, 3.8) is 0 Å². The smallest absolute Gasteiger partial charge is 0.164 e. The first-order chi connectivity index (χ1) is 10.0. The molecule has 1 atom stereocenters. The van der Waals surface area contributed by atoms with Gasteiger partial charge in [-0.2, -0.15) is 11.8 Å². The molecule has 2 rings (SSSR count). The lowest BCUT2D eigenvalue weighted by Gasteiger charge is -2.33. The highest BCUT2D eigenvalue weighted by Crippen LogP contribution is 2.22. The maximum absolute atomic E-state index is 11.9. The number of anilines is 1. The molecule has 21 heavy (non-hydrogen) atoms. The van der Waals surface area contributed by atoms with Crippen molar-refractivity contribution in [1.29, 1.82) is 0 Å². The Morgan fingerprint density at radius 2 is 2.29 bits per heavy atom. The van der Waals surface area contributed by atoms with Gasteiger partial charge in [-0.1, -0.05) is 13.0 Å². The standard InChI is InChI=1S/C14H23N3O2S2/c1-3-7-15-13-6-4-5-12(16-13)10-17-8-9-20-11-14(17)21(2,18)19/h4-6,14H,3,7-11H2,1-2H3,(H,15,16). The van der Waals surface area contributed by atoms with Crippen LogP contribution in [-0.2, 0) is 16.4 Å². The van der Waals surface area contributed by atoms with Gasteiger partial charge in [0, 0.05) is 37.4 Å². The van der Waals surface area contributed by atoms with E-state index in [1.165, 1.54) is 6.26 Å². The van der Waals surface area contributed by atoms with Crippen LogP contribution in [0.4, 0.5) is 5.82 Å². The van der Waals surface area contributed by atoms with Gasteiger partial charge in [-0.05, 0) is 18.6 Å². The Hall–Kier alpha value is -0.790. The maximum atomic E-state index is 11.9. The highest BCUT2D eigenvalue weighted by molar-refractivity contribution is 8.00. The van der Waals surface area contributed by atoms with Crippen LogP contribution in [0.1, 0.15) is 19.0 Å². The molecule has 0 spiro atoms. The number of sulfone groups is 1. The Kier molecular flexibility index (Phi) is 5.89. The van der Waals surface area contributed by atoms with E-state index in [9.17, 15) is 8.42 Å². The predicted molar refractivity (Wildman–Crippen MR) is 89.4 cm³/mol. The fourth-order valence-electron chi connectivity index (χ4n) is 2.32. The van der Waals surface area contributed by atoms with E-state index >= 15 is 0 Å². The number of nitrogens with zero attached hydrogens (tertiary/aromatic N) is 2. The van der Waals surface area contributed by atoms with Gasteiger partial charge in [-0.3, -0.25) is 4.90 Å². The molecule has 5 nitrogen and oxygen atoms in total. The normalized spacial score (nSPS) is 20.4. The summed E-state index contributed by atoms with van der Waals surface area (Å²) in [4.78, 5) is 6.59. The number of nitrogens with one attached hydrogen (secondary N) is 1. The van der Waals surface area contributed by atoms with E-state index in [2.05, 4.69) is 17.2 Å². The van der Waals surface area contributed by atoms with Gasteiger partial charge in [-0.25, -0.2) is 13.4 Å². The Morgan fingerprint density at radius 3 is 3.00 bits per heavy atom. The summed E-state index contributed by atoms with van der Waals surface area (Å²) in [6.45, 7) is 4.37. The van der Waals surface area contributed by atoms with Gasteiger partial charge in [0.05, 0.1) is 5.69 Å². The second-order valence-electron chi connectivity index (χ2n) is 5.27. The molecule has 0 aromatic carbocycles. The maximum Gasteiger partial charge on any atom is 0.164 e. The monoisotopic (exact) mass is 329 g/mol. The van der Waals surface area contributed by atoms with Crippen LogP contribution in [0.3, 0.4) is 0 Å². The largest absolute Gasteiger partial charge is 0.370 e. The third kappa shape index (κ3) is 4.86. The van der Waals surface area contributed by atoms with Crippen molar-refractivity contribution in [3.8, 4) is 0 Å². The van der Waals surface area contributed by atoms with E-state index in [1.807, 2.05) is 23.1 Å². The van der Waals surface area contributed by atoms with Gasteiger partial charge in [-0.15, -0.1) is 0 Å². The van der Waals surface area contributed by atoms with Gasteiger partial charge >= 0.3 is 0 Å². The van der Waals surface area contributed by atoms with Gasteiger partial charge in [0.1, 0.15) is 11.2 Å². The van der Waals surface area contributed by atoms with Crippen molar-refractivity contribution in [2.45, 2.75) is 25.3 Å². The van der Waals surface area contributed by atoms with Crippen LogP contribution in [0.15, 0.2) is 18.2 Å². The molecule has 7 heteroatoms. The molecule has 0 aliphatic carbocycles. The number of thioether (sulfide) groups is 1. The number of aromatic nitrogens is 1. The second kappa shape index (κ2) is 7.47. The summed E-state index contributed by atoms with van der Waals surface area (Å²) in [5.41, 5.74) is 0.914. The summed E-state index contributed by atoms with van der Waals surface area (Å²) in [6.07, 6.45) is 2.37. The first-order valence-corrected chi connectivity index (χ1v) is 10.3. The van der Waals surface area contributed by atoms with E-state index < -0.39 is 15.2 Å². The summed E-state index contributed by atoms with van der Waals surface area (Å²) in [5.74, 6) is 2.48. The molecule has 0 radical (unpaired) electrons. The molecule has 0 amide bonds. The van der Waals surface area contributed by atoms with Crippen molar-refractivity contribution < 1.29 is 8.42 Å². The molecule has 1 aromatic rings. The summed E-state index contributed by atoms with van der Waals surface area (Å²) in [7, 11) is -3.06. The van der Waals surface area contributed by atoms with Crippen molar-refractivity contribution in [2.24, 2.45) is 0 Å². The number of rotatable bonds is 6. The van der Waals surface area contributed by atoms with E-state index in [4.69, 9.17) is 0 Å². The quantitative estimate of drug-likeness (QED) is 0.859. The number of pyridine rings is 1. The van der Waals surface area contributed by atoms with E-state index in [0.29, 0.717) is 12.3 Å². The van der Waals surface area contributed by atoms with E-state index in [1.54, 1.807) is 11.8 Å². The van der Waals surface area contributed by atoms with Crippen LogP contribution in [-0.4, -0.2) is 54.5 Å². The number of hydrogen-bond acceptors (Lipinski definition) is 6. The molecule has 1 unspecified atom stereocenters. The van der Waals surface area contributed by atoms with Crippen LogP contribution in [0, 0.1) is 0 Å². The lowest BCUT2D eigenvalue weighted by atomic mass is 10.3. The van der Waals surface area contributed by atoms with Crippen molar-refractivity contribution in [1.82, 2.24) is 9.88 Å². The average Bonchev–Trinajstić information content (AvgIpc) is 2.45. The van der Waals surface area contributed by atoms with Gasteiger partial charge in [0.25, 0.3) is 0 Å². The van der Waals surface area contributed by atoms with Gasteiger partial charge in [0.2, 0.25) is 0 Å². The minimum atomic E-state index is -3.06. The van der Waals surface area contributed by atoms with E-state index in [-0.39, 0.29) is 0 Å². The summed E-state index contributed by atoms with van der Waals surface area (Å²) < 4.78 is 23.8. The Bertz CT molecular complexity index is 563. The fraction of sp³-hybridized carbons (Fsp3) is 0.643. The van der Waals surface area contributed by atoms with Crippen LogP contribution < -0.4 is 5.32 Å². The van der Waals surface area contributed by atoms with Crippen LogP contribution in [0.2, 0.25) is 0 Å². The Morgan fingerprint density at radius 1 is 1.48 bits per heavy atom. The molecule has 1 aromatic heterocycles. The predicted octanol–water partition coefficient (Wildman–Crippen LogP) is 1.82. The molecule has 1 aliphatic rings. The first-order valence-electron chi connectivity index (χ1n) is 7.21. The molecular weight excluding hydrogens is 306 g/mol. The molecule has 0 bridgehead atoms. The zero-order valence-corrected chi connectivity index (χ0v) is 14.2. The lowest BCUT2D eigenvalue weighted by Crippen LogP contribution is -2.46. The van der Waals surface area contributed by atoms with Crippen molar-refractivity contribution in [3.05, 3.63) is 23.9 Å². The Labute approximate surface area is 131 Å². The fourth-order valence-corrected chi connectivity index (χ4v) is 5.26. The van der Waals surface area contributed by atoms with E-state index in [0.717, 1.165) is 36.8 Å². The highest BCUT2D eigenvalue weighted by Gasteiger charge is 2.31. The highest BCUT2D eigenvalue weighted by atomic mass is 32.2. The minimum Gasteiger partial charge on any atom is -0.370 e. The zero-order valence-electron chi connectivity index (χ0n) is 12.6. The lowest BCUT2D eigenvalue weighted by molar-refractivity contribution is 0.259. The third-order valence-corrected chi connectivity index (χ3v) is 6.10. The first kappa shape index (κ1) is 16.6. The molecule has 118 valence electrons. The molecular formula is C14H23N3O2S2. The molecule has 1 N–H and O–H groups in total. The van der Waals surface area contributed by atoms with Gasteiger partial charge in [0.15, 0.2) is 9.84 Å². The summed E-state index contributed by atoms with van der Waals surface area (Å²) >= 11 is 1.70. The minimum absolute atomic E-state index is 0.398. The number of hydrogen-bond donors (Lipinski definition) is 1. The summed E-state index contributed by atoms with van der Waals surface area (Å²) in [5, 5.41) is 2.86. The third-order valence-electron chi connectivity index (χ3n) is 3.41. The van der Waals surface area contributed by atoms with Crippen molar-refractivity contribution in [2.75, 3.05) is 36.2 Å². The summed E-state index contributed by atoms with van der Waals surface area (Å²) in [6, 6.07) is 5.87. The van der Waals surface area contributed by atoms with Crippen LogP contribution in [0.25, 0.3) is 0 Å². The zero-order chi connectivity index (χ0) is 15.3. The second-order valence-corrected chi connectivity index (χ2v) is 8.62. The Balaban J connectivity index is 2.08. The SMILES string of the molecule is CCCNc1cccc(CN2CCSCC2S(C)(=O)=O)n1. The average molecular weight is 329 g/mol. The van der Waals surface area contributed by atoms with Crippen LogP contribution in [0.5, 0.6) is 0 Å². The van der Waals surface area contributed by atoms with Crippen molar-refractivity contribution >= 4 is 27.4 Å². The molecule has 1 fully saturated rings. The van der Waals surface area contributed by atoms with Crippen LogP contribution >= 0.6 is 11.8 Å². The topological polar surface area (TPSA) is 62.3 Å². The van der Waals surface area contributed by atoms with Gasteiger partial charge < -0.3 is 5.32 Å². The molecule has 1 aliphatic heterocycles.